The molecule has 1 aromatic rings. The molecule has 40 heavy (non-hydrogen) atoms. The Hall–Kier alpha value is -5.55. The van der Waals surface area contributed by atoms with E-state index in [9.17, 15) is 19.2 Å². The first-order valence-corrected chi connectivity index (χ1v) is 12.1. The lowest BCUT2D eigenvalue weighted by Crippen LogP contribution is -2.64. The van der Waals surface area contributed by atoms with Crippen molar-refractivity contribution in [3.8, 4) is 0 Å². The molecule has 2 heterocycles. The minimum atomic E-state index is -1.68. The van der Waals surface area contributed by atoms with E-state index in [0.717, 1.165) is 5.56 Å². The number of nitrogens with one attached hydrogen (secondary N) is 5. The van der Waals surface area contributed by atoms with Crippen molar-refractivity contribution in [1.82, 2.24) is 26.2 Å². The van der Waals surface area contributed by atoms with Gasteiger partial charge in [0.05, 0.1) is 11.3 Å². The van der Waals surface area contributed by atoms with Crippen molar-refractivity contribution in [2.24, 2.45) is 11.5 Å². The van der Waals surface area contributed by atoms with Gasteiger partial charge in [-0.1, -0.05) is 49.8 Å². The summed E-state index contributed by atoms with van der Waals surface area (Å²) in [5.74, 6) is 0.0141. The van der Waals surface area contributed by atoms with Crippen molar-refractivity contribution in [3.63, 3.8) is 0 Å². The number of hydrogen-bond acceptors (Lipinski definition) is 8. The topological polar surface area (TPSA) is 216 Å². The van der Waals surface area contributed by atoms with Crippen LogP contribution < -0.4 is 32.7 Å². The van der Waals surface area contributed by atoms with E-state index >= 15 is 0 Å². The van der Waals surface area contributed by atoms with Gasteiger partial charge in [0.2, 0.25) is 12.1 Å². The van der Waals surface area contributed by atoms with Crippen LogP contribution in [-0.2, 0) is 25.7 Å². The first kappa shape index (κ1) is 30.7. The van der Waals surface area contributed by atoms with Crippen molar-refractivity contribution in [2.45, 2.75) is 32.0 Å². The van der Waals surface area contributed by atoms with Crippen molar-refractivity contribution < 1.29 is 24.3 Å². The van der Waals surface area contributed by atoms with E-state index in [0.29, 0.717) is 24.5 Å². The molecule has 1 unspecified atom stereocenters. The number of hydrogen-bond donors (Lipinski definition) is 8. The number of carboxylic acid groups (broad SMARTS) is 1. The van der Waals surface area contributed by atoms with Gasteiger partial charge in [-0.05, 0) is 29.9 Å². The molecule has 1 atom stereocenters. The second-order valence-electron chi connectivity index (χ2n) is 8.39. The number of allylic oxidation sites excluding steroid dienone is 5. The summed E-state index contributed by atoms with van der Waals surface area (Å²) >= 11 is 0. The van der Waals surface area contributed by atoms with Crippen LogP contribution in [0.3, 0.4) is 0 Å². The number of guanidine groups is 1. The van der Waals surface area contributed by atoms with Crippen molar-refractivity contribution >= 4 is 30.2 Å². The van der Waals surface area contributed by atoms with Crippen molar-refractivity contribution in [3.05, 3.63) is 101 Å². The Morgan fingerprint density at radius 3 is 2.55 bits per heavy atom. The Labute approximate surface area is 231 Å². The lowest BCUT2D eigenvalue weighted by Gasteiger charge is -2.29. The lowest BCUT2D eigenvalue weighted by molar-refractivity contribution is -0.147. The van der Waals surface area contributed by atoms with Crippen LogP contribution in [0, 0.1) is 5.41 Å². The molecule has 2 amide bonds. The van der Waals surface area contributed by atoms with E-state index < -0.39 is 23.5 Å². The summed E-state index contributed by atoms with van der Waals surface area (Å²) in [5, 5.41) is 25.8. The van der Waals surface area contributed by atoms with Crippen LogP contribution in [0.5, 0.6) is 0 Å². The number of aliphatic carboxylic acids is 1. The molecular weight excluding hydrogens is 516 g/mol. The average Bonchev–Trinajstić information content (AvgIpc) is 3.13. The fourth-order valence-electron chi connectivity index (χ4n) is 3.66. The molecule has 2 aliphatic heterocycles. The minimum absolute atomic E-state index is 0.140. The molecule has 0 aliphatic carbocycles. The zero-order valence-corrected chi connectivity index (χ0v) is 21.8. The van der Waals surface area contributed by atoms with Gasteiger partial charge in [-0.15, -0.1) is 0 Å². The number of carbonyl (C=O) groups excluding carboxylic acids is 3. The molecule has 13 nitrogen and oxygen atoms in total. The maximum Gasteiger partial charge on any atom is 0.350 e. The highest BCUT2D eigenvalue weighted by Crippen LogP contribution is 2.21. The summed E-state index contributed by atoms with van der Waals surface area (Å²) < 4.78 is 0. The van der Waals surface area contributed by atoms with Crippen molar-refractivity contribution in [2.75, 3.05) is 0 Å². The largest absolute Gasteiger partial charge is 0.478 e. The number of carbonyl (C=O) groups is 3. The van der Waals surface area contributed by atoms with Gasteiger partial charge in [0.25, 0.3) is 5.91 Å². The molecule has 10 N–H and O–H groups in total. The summed E-state index contributed by atoms with van der Waals surface area (Å²) in [4.78, 5) is 47.1. The van der Waals surface area contributed by atoms with E-state index in [1.807, 2.05) is 36.3 Å². The summed E-state index contributed by atoms with van der Waals surface area (Å²) in [6, 6.07) is 9.67. The standard InChI is InChI=1S/C20H18N4O2.C7H14N4O3/c21-17-10-4-5-11-22-19(17)23-20(26)16-9-6-12-24(18(16)14-25)13-15-7-2-1-3-8-15;1-2-3-7(5(13)14,10-4-12)11-6(8)9/h1-12,22H,13,21H2,(H,23,26);4H,2-3H2,1H3,(H,10,12)(H,13,14)(H4,8,9,11). The molecule has 210 valence electrons. The molecule has 0 radical (unpaired) electrons. The number of amides is 2. The predicted octanol–water partition coefficient (Wildman–Crippen LogP) is 0.371. The Morgan fingerprint density at radius 1 is 1.23 bits per heavy atom. The summed E-state index contributed by atoms with van der Waals surface area (Å²) in [6.07, 6.45) is 12.8. The van der Waals surface area contributed by atoms with Crippen LogP contribution in [0.4, 0.5) is 0 Å². The van der Waals surface area contributed by atoms with Gasteiger partial charge in [-0.25, -0.2) is 9.59 Å². The van der Waals surface area contributed by atoms with Crippen molar-refractivity contribution in [1.29, 1.82) is 5.41 Å². The Bertz CT molecular complexity index is 1310. The second kappa shape index (κ2) is 15.0. The minimum Gasteiger partial charge on any atom is -0.478 e. The van der Waals surface area contributed by atoms with Gasteiger partial charge in [0.1, 0.15) is 11.5 Å². The zero-order chi connectivity index (χ0) is 29.5. The van der Waals surface area contributed by atoms with E-state index in [1.54, 1.807) is 54.6 Å². The number of nitrogens with two attached hydrogens (primary N) is 2. The second-order valence-corrected chi connectivity index (χ2v) is 8.39. The van der Waals surface area contributed by atoms with Crippen LogP contribution >= 0.6 is 0 Å². The molecule has 0 saturated carbocycles. The molecule has 0 saturated heterocycles. The first-order valence-electron chi connectivity index (χ1n) is 12.1. The molecule has 3 rings (SSSR count). The molecule has 0 fully saturated rings. The van der Waals surface area contributed by atoms with Crippen LogP contribution in [-0.4, -0.2) is 45.9 Å². The van der Waals surface area contributed by atoms with Gasteiger partial charge >= 0.3 is 5.97 Å². The molecule has 1 aromatic carbocycles. The van der Waals surface area contributed by atoms with Crippen LogP contribution in [0.15, 0.2) is 95.9 Å². The first-order chi connectivity index (χ1) is 19.2. The Kier molecular flexibility index (Phi) is 11.5. The van der Waals surface area contributed by atoms with Gasteiger partial charge in [-0.2, -0.15) is 0 Å². The van der Waals surface area contributed by atoms with E-state index in [4.69, 9.17) is 22.0 Å². The highest BCUT2D eigenvalue weighted by molar-refractivity contribution is 6.01. The fraction of sp³-hybridized carbons (Fsp3) is 0.185. The SMILES string of the molecule is CCCC(NC=O)(NC(=N)N)C(=O)O.NC1=C(NC(=O)C2=CC=CN(Cc3ccccc3)C2=C=O)NC=CC=C1. The third-order valence-electron chi connectivity index (χ3n) is 5.49. The fourth-order valence-corrected chi connectivity index (χ4v) is 3.66. The molecular formula is C27H32N8O5. The smallest absolute Gasteiger partial charge is 0.350 e. The maximum atomic E-state index is 12.7. The predicted molar refractivity (Wildman–Crippen MR) is 149 cm³/mol. The third kappa shape index (κ3) is 8.50. The number of rotatable bonds is 10. The maximum absolute atomic E-state index is 12.7. The summed E-state index contributed by atoms with van der Waals surface area (Å²) in [7, 11) is 0. The van der Waals surface area contributed by atoms with Crippen LogP contribution in [0.2, 0.25) is 0 Å². The van der Waals surface area contributed by atoms with Gasteiger partial charge in [0.15, 0.2) is 11.9 Å². The van der Waals surface area contributed by atoms with E-state index in [1.165, 1.54) is 0 Å². The van der Waals surface area contributed by atoms with Gasteiger partial charge < -0.3 is 42.7 Å². The van der Waals surface area contributed by atoms with Gasteiger partial charge in [0, 0.05) is 25.4 Å². The van der Waals surface area contributed by atoms with Crippen LogP contribution in [0.25, 0.3) is 0 Å². The molecule has 0 spiro atoms. The lowest BCUT2D eigenvalue weighted by atomic mass is 10.0. The number of nitrogens with zero attached hydrogens (tertiary/aromatic N) is 1. The summed E-state index contributed by atoms with van der Waals surface area (Å²) in [5.41, 5.74) is 11.0. The van der Waals surface area contributed by atoms with E-state index in [2.05, 4.69) is 21.3 Å². The molecule has 2 aliphatic rings. The highest BCUT2D eigenvalue weighted by Gasteiger charge is 2.37. The number of benzene rings is 1. The monoisotopic (exact) mass is 548 g/mol. The zero-order valence-electron chi connectivity index (χ0n) is 21.8. The van der Waals surface area contributed by atoms with Gasteiger partial charge in [-0.3, -0.25) is 15.0 Å². The quantitative estimate of drug-likeness (QED) is 0.0661. The van der Waals surface area contributed by atoms with Crippen LogP contribution in [0.1, 0.15) is 25.3 Å². The highest BCUT2D eigenvalue weighted by atomic mass is 16.4. The normalized spacial score (nSPS) is 15.2. The van der Waals surface area contributed by atoms with E-state index in [-0.39, 0.29) is 24.1 Å². The molecule has 13 heteroatoms. The molecule has 0 aromatic heterocycles. The number of carboxylic acids is 1. The Balaban J connectivity index is 0.000000342. The summed E-state index contributed by atoms with van der Waals surface area (Å²) in [6.45, 7) is 2.22. The Morgan fingerprint density at radius 2 is 1.95 bits per heavy atom. The average molecular weight is 549 g/mol. The molecule has 0 bridgehead atoms. The third-order valence-corrected chi connectivity index (χ3v) is 5.49.